The van der Waals surface area contributed by atoms with Gasteiger partial charge >= 0.3 is 0 Å². The molecule has 2 N–H and O–H groups in total. The molecule has 0 saturated carbocycles. The highest BCUT2D eigenvalue weighted by atomic mass is 79.9. The number of nitrogens with one attached hydrogen (secondary N) is 2. The fraction of sp³-hybridized carbons (Fsp3) is 0.133. The zero-order chi connectivity index (χ0) is 14.1. The predicted molar refractivity (Wildman–Crippen MR) is 81.0 cm³/mol. The molecule has 0 fully saturated rings. The summed E-state index contributed by atoms with van der Waals surface area (Å²) in [6, 6.07) is 13.1. The van der Waals surface area contributed by atoms with E-state index >= 15 is 0 Å². The van der Waals surface area contributed by atoms with Crippen LogP contribution in [0.3, 0.4) is 0 Å². The number of anilines is 1. The Kier molecular flexibility index (Phi) is 3.36. The molecular formula is C15H13BrN2O2. The lowest BCUT2D eigenvalue weighted by molar-refractivity contribution is 0.0935. The number of halogens is 1. The number of amides is 1. The van der Waals surface area contributed by atoms with Gasteiger partial charge in [-0.25, -0.2) is 0 Å². The maximum atomic E-state index is 12.2. The summed E-state index contributed by atoms with van der Waals surface area (Å²) in [7, 11) is 1.62. The van der Waals surface area contributed by atoms with Crippen molar-refractivity contribution >= 4 is 27.5 Å². The van der Waals surface area contributed by atoms with Gasteiger partial charge in [0.1, 0.15) is 11.9 Å². The first-order chi connectivity index (χ1) is 9.69. The summed E-state index contributed by atoms with van der Waals surface area (Å²) in [6.07, 6.45) is -0.315. The molecule has 0 spiro atoms. The van der Waals surface area contributed by atoms with Crippen LogP contribution in [0.1, 0.15) is 22.1 Å². The van der Waals surface area contributed by atoms with E-state index in [1.165, 1.54) is 0 Å². The van der Waals surface area contributed by atoms with E-state index in [1.807, 2.05) is 36.4 Å². The lowest BCUT2D eigenvalue weighted by Crippen LogP contribution is -2.38. The van der Waals surface area contributed by atoms with Crippen LogP contribution in [0.15, 0.2) is 46.9 Å². The van der Waals surface area contributed by atoms with Crippen molar-refractivity contribution in [3.05, 3.63) is 58.1 Å². The Bertz CT molecular complexity index is 673. The molecule has 0 aliphatic carbocycles. The highest BCUT2D eigenvalue weighted by molar-refractivity contribution is 9.10. The number of hydrogen-bond donors (Lipinski definition) is 2. The molecule has 0 aromatic heterocycles. The Morgan fingerprint density at radius 3 is 2.75 bits per heavy atom. The van der Waals surface area contributed by atoms with Gasteiger partial charge in [-0.1, -0.05) is 28.1 Å². The highest BCUT2D eigenvalue weighted by Gasteiger charge is 2.26. The summed E-state index contributed by atoms with van der Waals surface area (Å²) in [5.41, 5.74) is 2.35. The van der Waals surface area contributed by atoms with E-state index in [-0.39, 0.29) is 12.1 Å². The van der Waals surface area contributed by atoms with Crippen molar-refractivity contribution in [2.75, 3.05) is 12.4 Å². The first kappa shape index (κ1) is 13.0. The van der Waals surface area contributed by atoms with E-state index in [1.54, 1.807) is 13.2 Å². The van der Waals surface area contributed by atoms with Gasteiger partial charge in [-0.2, -0.15) is 0 Å². The summed E-state index contributed by atoms with van der Waals surface area (Å²) < 4.78 is 6.30. The Labute approximate surface area is 125 Å². The van der Waals surface area contributed by atoms with E-state index in [0.29, 0.717) is 5.56 Å². The molecule has 1 atom stereocenters. The molecule has 2 aromatic rings. The van der Waals surface area contributed by atoms with Crippen molar-refractivity contribution in [3.63, 3.8) is 0 Å². The van der Waals surface area contributed by atoms with Crippen molar-refractivity contribution < 1.29 is 9.53 Å². The number of ether oxygens (including phenoxy) is 1. The van der Waals surface area contributed by atoms with Crippen LogP contribution in [0.4, 0.5) is 5.69 Å². The maximum absolute atomic E-state index is 12.2. The minimum atomic E-state index is -0.315. The number of carbonyl (C=O) groups is 1. The zero-order valence-electron chi connectivity index (χ0n) is 10.8. The smallest absolute Gasteiger partial charge is 0.255 e. The lowest BCUT2D eigenvalue weighted by Gasteiger charge is -2.29. The Balaban J connectivity index is 2.02. The summed E-state index contributed by atoms with van der Waals surface area (Å²) in [5.74, 6) is 0.636. The lowest BCUT2D eigenvalue weighted by atomic mass is 10.1. The minimum absolute atomic E-state index is 0.0913. The molecule has 0 bridgehead atoms. The first-order valence-corrected chi connectivity index (χ1v) is 6.98. The van der Waals surface area contributed by atoms with Gasteiger partial charge in [0.15, 0.2) is 0 Å². The molecule has 5 heteroatoms. The van der Waals surface area contributed by atoms with E-state index in [9.17, 15) is 4.79 Å². The molecular weight excluding hydrogens is 320 g/mol. The second kappa shape index (κ2) is 5.17. The quantitative estimate of drug-likeness (QED) is 0.887. The van der Waals surface area contributed by atoms with Gasteiger partial charge in [0.25, 0.3) is 5.91 Å². The molecule has 4 nitrogen and oxygen atoms in total. The molecule has 102 valence electrons. The standard InChI is InChI=1S/C15H13BrN2O2/c1-20-13-7-6-9(16)8-11(13)14-17-12-5-3-2-4-10(12)15(19)18-14/h2-8,14,17H,1H3,(H,18,19)/t14-/m1/s1. The van der Waals surface area contributed by atoms with Crippen LogP contribution in [0.25, 0.3) is 0 Å². The third kappa shape index (κ3) is 2.25. The van der Waals surface area contributed by atoms with Crippen LogP contribution in [-0.2, 0) is 0 Å². The van der Waals surface area contributed by atoms with Crippen LogP contribution in [-0.4, -0.2) is 13.0 Å². The van der Waals surface area contributed by atoms with E-state index in [0.717, 1.165) is 21.5 Å². The fourth-order valence-corrected chi connectivity index (χ4v) is 2.67. The van der Waals surface area contributed by atoms with Crippen molar-refractivity contribution in [2.24, 2.45) is 0 Å². The number of methoxy groups -OCH3 is 1. The summed E-state index contributed by atoms with van der Waals surface area (Å²) in [4.78, 5) is 12.2. The molecule has 1 amide bonds. The van der Waals surface area contributed by atoms with Gasteiger partial charge in [-0.3, -0.25) is 4.79 Å². The van der Waals surface area contributed by atoms with E-state index < -0.39 is 0 Å². The molecule has 0 unspecified atom stereocenters. The van der Waals surface area contributed by atoms with Crippen LogP contribution in [0.5, 0.6) is 5.75 Å². The van der Waals surface area contributed by atoms with Crippen molar-refractivity contribution in [1.29, 1.82) is 0 Å². The van der Waals surface area contributed by atoms with Gasteiger partial charge in [-0.05, 0) is 30.3 Å². The monoisotopic (exact) mass is 332 g/mol. The van der Waals surface area contributed by atoms with Crippen LogP contribution in [0.2, 0.25) is 0 Å². The minimum Gasteiger partial charge on any atom is -0.496 e. The number of carbonyl (C=O) groups excluding carboxylic acids is 1. The summed E-state index contributed by atoms with van der Waals surface area (Å²) >= 11 is 3.44. The Hall–Kier alpha value is -2.01. The average Bonchev–Trinajstić information content (AvgIpc) is 2.47. The SMILES string of the molecule is COc1ccc(Br)cc1[C@H]1NC(=O)c2ccccc2N1. The molecule has 1 aliphatic rings. The molecule has 3 rings (SSSR count). The van der Waals surface area contributed by atoms with Gasteiger partial charge < -0.3 is 15.4 Å². The number of fused-ring (bicyclic) bond motifs is 1. The first-order valence-electron chi connectivity index (χ1n) is 6.19. The summed E-state index contributed by atoms with van der Waals surface area (Å²) in [5, 5.41) is 6.25. The molecule has 0 radical (unpaired) electrons. The van der Waals surface area contributed by atoms with Crippen molar-refractivity contribution in [1.82, 2.24) is 5.32 Å². The van der Waals surface area contributed by atoms with Crippen LogP contribution >= 0.6 is 15.9 Å². The number of para-hydroxylation sites is 1. The second-order valence-corrected chi connectivity index (χ2v) is 5.40. The van der Waals surface area contributed by atoms with Crippen molar-refractivity contribution in [3.8, 4) is 5.75 Å². The normalized spacial score (nSPS) is 16.9. The summed E-state index contributed by atoms with van der Waals surface area (Å²) in [6.45, 7) is 0. The molecule has 20 heavy (non-hydrogen) atoms. The number of hydrogen-bond acceptors (Lipinski definition) is 3. The third-order valence-corrected chi connectivity index (χ3v) is 3.74. The molecule has 1 heterocycles. The topological polar surface area (TPSA) is 50.4 Å². The maximum Gasteiger partial charge on any atom is 0.255 e. The number of rotatable bonds is 2. The van der Waals surface area contributed by atoms with Gasteiger partial charge in [0.2, 0.25) is 0 Å². The van der Waals surface area contributed by atoms with Crippen LogP contribution < -0.4 is 15.4 Å². The van der Waals surface area contributed by atoms with E-state index in [4.69, 9.17) is 4.74 Å². The Morgan fingerprint density at radius 1 is 1.15 bits per heavy atom. The van der Waals surface area contributed by atoms with E-state index in [2.05, 4.69) is 26.6 Å². The van der Waals surface area contributed by atoms with Gasteiger partial charge in [0.05, 0.1) is 12.7 Å². The Morgan fingerprint density at radius 2 is 1.95 bits per heavy atom. The largest absolute Gasteiger partial charge is 0.496 e. The van der Waals surface area contributed by atoms with Crippen LogP contribution in [0, 0.1) is 0 Å². The van der Waals surface area contributed by atoms with Gasteiger partial charge in [0, 0.05) is 15.7 Å². The second-order valence-electron chi connectivity index (χ2n) is 4.48. The average molecular weight is 333 g/mol. The third-order valence-electron chi connectivity index (χ3n) is 3.25. The molecule has 1 aliphatic heterocycles. The van der Waals surface area contributed by atoms with Crippen molar-refractivity contribution in [2.45, 2.75) is 6.17 Å². The number of benzene rings is 2. The fourth-order valence-electron chi connectivity index (χ4n) is 2.29. The highest BCUT2D eigenvalue weighted by Crippen LogP contribution is 2.32. The van der Waals surface area contributed by atoms with Gasteiger partial charge in [-0.15, -0.1) is 0 Å². The zero-order valence-corrected chi connectivity index (χ0v) is 12.4. The predicted octanol–water partition coefficient (Wildman–Crippen LogP) is 3.31. The molecule has 0 saturated heterocycles. The molecule has 2 aromatic carbocycles.